The second-order valence-electron chi connectivity index (χ2n) is 5.41. The Bertz CT molecular complexity index is 1040. The number of H-pyrrole nitrogens is 1. The van der Waals surface area contributed by atoms with Gasteiger partial charge < -0.3 is 0 Å². The molecule has 2 aromatic carbocycles. The summed E-state index contributed by atoms with van der Waals surface area (Å²) in [4.78, 5) is 13.2. The Morgan fingerprint density at radius 3 is 2.88 bits per heavy atom. The summed E-state index contributed by atoms with van der Waals surface area (Å²) in [6.07, 6.45) is 1.65. The number of aromatic nitrogens is 2. The number of hydrazone groups is 1. The zero-order valence-electron chi connectivity index (χ0n) is 13.1. The summed E-state index contributed by atoms with van der Waals surface area (Å²) in [6.45, 7) is 0. The number of hydrogen-bond acceptors (Lipinski definition) is 4. The molecule has 4 rings (SSSR count). The number of carbonyl (C=O) groups is 1. The maximum Gasteiger partial charge on any atom is 0.291 e. The number of amides is 1. The highest BCUT2D eigenvalue weighted by Gasteiger charge is 2.11. The molecule has 4 aromatic rings. The summed E-state index contributed by atoms with van der Waals surface area (Å²) in [5, 5.41) is 15.2. The Kier molecular flexibility index (Phi) is 4.10. The van der Waals surface area contributed by atoms with Crippen molar-refractivity contribution < 1.29 is 4.79 Å². The molecule has 2 aromatic heterocycles. The molecule has 5 nitrogen and oxygen atoms in total. The van der Waals surface area contributed by atoms with E-state index in [2.05, 4.69) is 20.7 Å². The van der Waals surface area contributed by atoms with Crippen molar-refractivity contribution in [1.82, 2.24) is 15.6 Å². The van der Waals surface area contributed by atoms with Gasteiger partial charge in [-0.25, -0.2) is 5.43 Å². The molecule has 0 saturated carbocycles. The second kappa shape index (κ2) is 6.70. The standard InChI is InChI=1S/C19H14N4OS/c24-19(17-11-16(21-22-17)18-9-4-10-25-18)23-20-12-14-7-3-6-13-5-1-2-8-15(13)14/h1-12H,(H,21,22)(H,23,24). The molecule has 0 unspecified atom stereocenters. The number of nitrogens with zero attached hydrogens (tertiary/aromatic N) is 2. The fourth-order valence-electron chi connectivity index (χ4n) is 2.58. The van der Waals surface area contributed by atoms with Crippen molar-refractivity contribution in [2.75, 3.05) is 0 Å². The van der Waals surface area contributed by atoms with Gasteiger partial charge in [0.15, 0.2) is 5.69 Å². The molecule has 0 bridgehead atoms. The second-order valence-corrected chi connectivity index (χ2v) is 6.36. The molecule has 25 heavy (non-hydrogen) atoms. The normalized spacial score (nSPS) is 11.2. The van der Waals surface area contributed by atoms with Crippen molar-refractivity contribution >= 4 is 34.2 Å². The van der Waals surface area contributed by atoms with Gasteiger partial charge in [0.1, 0.15) is 0 Å². The Morgan fingerprint density at radius 1 is 1.12 bits per heavy atom. The van der Waals surface area contributed by atoms with Crippen molar-refractivity contribution in [2.24, 2.45) is 5.10 Å². The predicted molar refractivity (Wildman–Crippen MR) is 101 cm³/mol. The van der Waals surface area contributed by atoms with E-state index in [-0.39, 0.29) is 5.91 Å². The molecule has 0 radical (unpaired) electrons. The molecule has 0 aliphatic rings. The Morgan fingerprint density at radius 2 is 2.00 bits per heavy atom. The van der Waals surface area contributed by atoms with Crippen LogP contribution >= 0.6 is 11.3 Å². The molecule has 6 heteroatoms. The lowest BCUT2D eigenvalue weighted by molar-refractivity contribution is 0.0950. The number of rotatable bonds is 4. The van der Waals surface area contributed by atoms with Crippen LogP contribution in [0.4, 0.5) is 0 Å². The van der Waals surface area contributed by atoms with Crippen LogP contribution in [0.2, 0.25) is 0 Å². The minimum atomic E-state index is -0.351. The van der Waals surface area contributed by atoms with Gasteiger partial charge in [0.2, 0.25) is 0 Å². The van der Waals surface area contributed by atoms with E-state index < -0.39 is 0 Å². The van der Waals surface area contributed by atoms with E-state index >= 15 is 0 Å². The smallest absolute Gasteiger partial charge is 0.276 e. The average molecular weight is 346 g/mol. The quantitative estimate of drug-likeness (QED) is 0.432. The highest BCUT2D eigenvalue weighted by molar-refractivity contribution is 7.13. The highest BCUT2D eigenvalue weighted by Crippen LogP contribution is 2.22. The molecule has 0 saturated heterocycles. The minimum Gasteiger partial charge on any atom is -0.276 e. The predicted octanol–water partition coefficient (Wildman–Crippen LogP) is 4.06. The summed E-state index contributed by atoms with van der Waals surface area (Å²) in [7, 11) is 0. The lowest BCUT2D eigenvalue weighted by atomic mass is 10.1. The van der Waals surface area contributed by atoms with Crippen LogP contribution in [0, 0.1) is 0 Å². The third kappa shape index (κ3) is 3.20. The summed E-state index contributed by atoms with van der Waals surface area (Å²) in [5.41, 5.74) is 4.59. The highest BCUT2D eigenvalue weighted by atomic mass is 32.1. The van der Waals surface area contributed by atoms with Gasteiger partial charge in [-0.15, -0.1) is 11.3 Å². The van der Waals surface area contributed by atoms with Crippen molar-refractivity contribution in [3.63, 3.8) is 0 Å². The van der Waals surface area contributed by atoms with E-state index in [0.29, 0.717) is 5.69 Å². The number of thiophene rings is 1. The van der Waals surface area contributed by atoms with Crippen LogP contribution in [-0.4, -0.2) is 22.3 Å². The molecule has 122 valence electrons. The van der Waals surface area contributed by atoms with Crippen LogP contribution in [0.3, 0.4) is 0 Å². The summed E-state index contributed by atoms with van der Waals surface area (Å²) >= 11 is 1.58. The van der Waals surface area contributed by atoms with Crippen LogP contribution in [-0.2, 0) is 0 Å². The largest absolute Gasteiger partial charge is 0.291 e. The fourth-order valence-corrected chi connectivity index (χ4v) is 3.27. The molecule has 0 spiro atoms. The minimum absolute atomic E-state index is 0.304. The third-order valence-corrected chi connectivity index (χ3v) is 4.69. The first kappa shape index (κ1) is 15.3. The van der Waals surface area contributed by atoms with E-state index in [1.165, 1.54) is 0 Å². The first-order valence-electron chi connectivity index (χ1n) is 7.72. The van der Waals surface area contributed by atoms with E-state index in [4.69, 9.17) is 0 Å². The van der Waals surface area contributed by atoms with Crippen LogP contribution in [0.5, 0.6) is 0 Å². The lowest BCUT2D eigenvalue weighted by Gasteiger charge is -2.01. The zero-order valence-corrected chi connectivity index (χ0v) is 14.0. The Labute approximate surface area is 148 Å². The molecule has 2 N–H and O–H groups in total. The number of benzene rings is 2. The number of nitrogens with one attached hydrogen (secondary N) is 2. The average Bonchev–Trinajstić information content (AvgIpc) is 3.33. The maximum atomic E-state index is 12.2. The molecule has 2 heterocycles. The first-order chi connectivity index (χ1) is 12.3. The molecule has 0 atom stereocenters. The van der Waals surface area contributed by atoms with E-state index in [1.54, 1.807) is 23.6 Å². The number of aromatic amines is 1. The zero-order chi connectivity index (χ0) is 17.1. The molecular weight excluding hydrogens is 332 g/mol. The Hall–Kier alpha value is -3.25. The summed E-state index contributed by atoms with van der Waals surface area (Å²) in [5.74, 6) is -0.351. The van der Waals surface area contributed by atoms with Crippen molar-refractivity contribution in [3.8, 4) is 10.6 Å². The van der Waals surface area contributed by atoms with Gasteiger partial charge in [0.05, 0.1) is 16.8 Å². The SMILES string of the molecule is O=C(NN=Cc1cccc2ccccc12)c1cc(-c2cccs2)[nH]n1. The Balaban J connectivity index is 1.49. The van der Waals surface area contributed by atoms with Gasteiger partial charge in [-0.2, -0.15) is 10.2 Å². The van der Waals surface area contributed by atoms with Gasteiger partial charge in [-0.3, -0.25) is 9.89 Å². The molecule has 0 aliphatic heterocycles. The number of hydrogen-bond donors (Lipinski definition) is 2. The van der Waals surface area contributed by atoms with Gasteiger partial charge >= 0.3 is 0 Å². The molecule has 0 aliphatic carbocycles. The van der Waals surface area contributed by atoms with Crippen LogP contribution < -0.4 is 5.43 Å². The number of carbonyl (C=O) groups excluding carboxylic acids is 1. The summed E-state index contributed by atoms with van der Waals surface area (Å²) in [6, 6.07) is 19.7. The van der Waals surface area contributed by atoms with Gasteiger partial charge in [0.25, 0.3) is 5.91 Å². The monoisotopic (exact) mass is 346 g/mol. The van der Waals surface area contributed by atoms with Crippen molar-refractivity contribution in [1.29, 1.82) is 0 Å². The maximum absolute atomic E-state index is 12.2. The van der Waals surface area contributed by atoms with Crippen LogP contribution in [0.15, 0.2) is 71.1 Å². The van der Waals surface area contributed by atoms with Crippen LogP contribution in [0.25, 0.3) is 21.3 Å². The van der Waals surface area contributed by atoms with E-state index in [1.807, 2.05) is 60.0 Å². The van der Waals surface area contributed by atoms with Crippen LogP contribution in [0.1, 0.15) is 16.1 Å². The van der Waals surface area contributed by atoms with Crippen molar-refractivity contribution in [2.45, 2.75) is 0 Å². The molecular formula is C19H14N4OS. The molecule has 0 fully saturated rings. The van der Waals surface area contributed by atoms with Gasteiger partial charge in [0, 0.05) is 5.56 Å². The van der Waals surface area contributed by atoms with E-state index in [9.17, 15) is 4.79 Å². The molecule has 1 amide bonds. The lowest BCUT2D eigenvalue weighted by Crippen LogP contribution is -2.18. The fraction of sp³-hybridized carbons (Fsp3) is 0. The van der Waals surface area contributed by atoms with Gasteiger partial charge in [-0.05, 0) is 28.3 Å². The topological polar surface area (TPSA) is 70.1 Å². The third-order valence-electron chi connectivity index (χ3n) is 3.79. The number of fused-ring (bicyclic) bond motifs is 1. The first-order valence-corrected chi connectivity index (χ1v) is 8.60. The van der Waals surface area contributed by atoms with Gasteiger partial charge in [-0.1, -0.05) is 48.5 Å². The summed E-state index contributed by atoms with van der Waals surface area (Å²) < 4.78 is 0. The van der Waals surface area contributed by atoms with E-state index in [0.717, 1.165) is 26.9 Å². The van der Waals surface area contributed by atoms with Crippen molar-refractivity contribution in [3.05, 3.63) is 77.3 Å².